The van der Waals surface area contributed by atoms with Crippen LogP contribution in [0.2, 0.25) is 0 Å². The number of esters is 1. The molecule has 2 N–H and O–H groups in total. The molecule has 0 saturated carbocycles. The first kappa shape index (κ1) is 12.9. The molecule has 5 heteroatoms. The van der Waals surface area contributed by atoms with Crippen molar-refractivity contribution in [3.8, 4) is 0 Å². The number of anilines is 1. The summed E-state index contributed by atoms with van der Waals surface area (Å²) in [7, 11) is 1.36. The van der Waals surface area contributed by atoms with Crippen LogP contribution in [0, 0.1) is 0 Å². The van der Waals surface area contributed by atoms with Crippen molar-refractivity contribution in [3.63, 3.8) is 0 Å². The van der Waals surface area contributed by atoms with Crippen molar-refractivity contribution >= 4 is 11.7 Å². The van der Waals surface area contributed by atoms with Crippen molar-refractivity contribution in [2.45, 2.75) is 6.54 Å². The molecule has 0 aliphatic carbocycles. The molecule has 1 aliphatic rings. The van der Waals surface area contributed by atoms with Crippen LogP contribution < -0.4 is 5.73 Å². The molecule has 5 nitrogen and oxygen atoms in total. The van der Waals surface area contributed by atoms with Crippen LogP contribution in [0.15, 0.2) is 18.2 Å². The van der Waals surface area contributed by atoms with Gasteiger partial charge >= 0.3 is 5.97 Å². The first-order chi connectivity index (χ1) is 8.70. The Labute approximate surface area is 106 Å². The molecule has 0 amide bonds. The molecule has 1 fully saturated rings. The SMILES string of the molecule is COC(=O)c1ccc(CN2CCOCC2)c(N)c1. The van der Waals surface area contributed by atoms with E-state index in [1.165, 1.54) is 7.11 Å². The van der Waals surface area contributed by atoms with Gasteiger partial charge in [-0.25, -0.2) is 4.79 Å². The molecular formula is C13H18N2O3. The number of hydrogen-bond donors (Lipinski definition) is 1. The molecule has 1 saturated heterocycles. The van der Waals surface area contributed by atoms with Crippen LogP contribution in [0.5, 0.6) is 0 Å². The molecule has 1 aromatic rings. The smallest absolute Gasteiger partial charge is 0.337 e. The number of hydrogen-bond acceptors (Lipinski definition) is 5. The number of rotatable bonds is 3. The Morgan fingerprint density at radius 2 is 2.17 bits per heavy atom. The number of carbonyl (C=O) groups excluding carboxylic acids is 1. The number of nitrogen functional groups attached to an aromatic ring is 1. The van der Waals surface area contributed by atoms with Crippen LogP contribution in [-0.2, 0) is 16.0 Å². The van der Waals surface area contributed by atoms with Crippen molar-refractivity contribution in [3.05, 3.63) is 29.3 Å². The summed E-state index contributed by atoms with van der Waals surface area (Å²) < 4.78 is 9.96. The molecular weight excluding hydrogens is 232 g/mol. The predicted molar refractivity (Wildman–Crippen MR) is 68.3 cm³/mol. The van der Waals surface area contributed by atoms with Gasteiger partial charge in [0, 0.05) is 25.3 Å². The first-order valence-electron chi connectivity index (χ1n) is 5.97. The molecule has 98 valence electrons. The second-order valence-corrected chi connectivity index (χ2v) is 4.29. The minimum Gasteiger partial charge on any atom is -0.465 e. The molecule has 1 aliphatic heterocycles. The topological polar surface area (TPSA) is 64.8 Å². The standard InChI is InChI=1S/C13H18N2O3/c1-17-13(16)10-2-3-11(12(14)8-10)9-15-4-6-18-7-5-15/h2-3,8H,4-7,9,14H2,1H3. The van der Waals surface area contributed by atoms with Gasteiger partial charge in [-0.2, -0.15) is 0 Å². The number of morpholine rings is 1. The van der Waals surface area contributed by atoms with Crippen LogP contribution >= 0.6 is 0 Å². The zero-order valence-electron chi connectivity index (χ0n) is 10.5. The average molecular weight is 250 g/mol. The Balaban J connectivity index is 2.07. The number of methoxy groups -OCH3 is 1. The highest BCUT2D eigenvalue weighted by Crippen LogP contribution is 2.17. The third kappa shape index (κ3) is 3.00. The lowest BCUT2D eigenvalue weighted by molar-refractivity contribution is 0.0343. The quantitative estimate of drug-likeness (QED) is 0.637. The van der Waals surface area contributed by atoms with Gasteiger partial charge in [0.05, 0.1) is 25.9 Å². The average Bonchev–Trinajstić information content (AvgIpc) is 2.41. The lowest BCUT2D eigenvalue weighted by atomic mass is 10.1. The fraction of sp³-hybridized carbons (Fsp3) is 0.462. The summed E-state index contributed by atoms with van der Waals surface area (Å²) in [5.74, 6) is -0.361. The van der Waals surface area contributed by atoms with E-state index in [0.29, 0.717) is 11.3 Å². The predicted octanol–water partition coefficient (Wildman–Crippen LogP) is 0.888. The van der Waals surface area contributed by atoms with Gasteiger partial charge in [-0.05, 0) is 17.7 Å². The Kier molecular flexibility index (Phi) is 4.17. The summed E-state index contributed by atoms with van der Waals surface area (Å²) >= 11 is 0. The maximum absolute atomic E-state index is 11.4. The van der Waals surface area contributed by atoms with E-state index >= 15 is 0 Å². The zero-order valence-corrected chi connectivity index (χ0v) is 10.5. The highest BCUT2D eigenvalue weighted by molar-refractivity contribution is 5.90. The van der Waals surface area contributed by atoms with Gasteiger partial charge in [-0.1, -0.05) is 6.07 Å². The summed E-state index contributed by atoms with van der Waals surface area (Å²) in [6, 6.07) is 5.30. The summed E-state index contributed by atoms with van der Waals surface area (Å²) in [4.78, 5) is 13.6. The number of carbonyl (C=O) groups is 1. The van der Waals surface area contributed by atoms with Crippen LogP contribution in [0.3, 0.4) is 0 Å². The van der Waals surface area contributed by atoms with E-state index in [-0.39, 0.29) is 5.97 Å². The van der Waals surface area contributed by atoms with Gasteiger partial charge in [0.15, 0.2) is 0 Å². The molecule has 2 rings (SSSR count). The van der Waals surface area contributed by atoms with Crippen molar-refractivity contribution in [1.29, 1.82) is 0 Å². The molecule has 0 unspecified atom stereocenters. The number of ether oxygens (including phenoxy) is 2. The van der Waals surface area contributed by atoms with Gasteiger partial charge in [-0.15, -0.1) is 0 Å². The molecule has 0 radical (unpaired) electrons. The third-order valence-electron chi connectivity index (χ3n) is 3.06. The van der Waals surface area contributed by atoms with Crippen LogP contribution in [0.4, 0.5) is 5.69 Å². The van der Waals surface area contributed by atoms with Crippen LogP contribution in [-0.4, -0.2) is 44.3 Å². The van der Waals surface area contributed by atoms with Crippen LogP contribution in [0.25, 0.3) is 0 Å². The summed E-state index contributed by atoms with van der Waals surface area (Å²) in [5.41, 5.74) is 8.11. The minimum absolute atomic E-state index is 0.361. The number of benzene rings is 1. The molecule has 0 bridgehead atoms. The normalized spacial score (nSPS) is 16.5. The molecule has 0 aromatic heterocycles. The summed E-state index contributed by atoms with van der Waals surface area (Å²) in [6.07, 6.45) is 0. The molecule has 0 atom stereocenters. The summed E-state index contributed by atoms with van der Waals surface area (Å²) in [5, 5.41) is 0. The first-order valence-corrected chi connectivity index (χ1v) is 5.97. The Hall–Kier alpha value is -1.59. The highest BCUT2D eigenvalue weighted by Gasteiger charge is 2.13. The fourth-order valence-corrected chi connectivity index (χ4v) is 1.98. The second-order valence-electron chi connectivity index (χ2n) is 4.29. The Bertz CT molecular complexity index is 428. The Morgan fingerprint density at radius 1 is 1.44 bits per heavy atom. The lowest BCUT2D eigenvalue weighted by Gasteiger charge is -2.27. The molecule has 0 spiro atoms. The van der Waals surface area contributed by atoms with Crippen molar-refractivity contribution in [2.75, 3.05) is 39.1 Å². The molecule has 1 aromatic carbocycles. The Morgan fingerprint density at radius 3 is 2.78 bits per heavy atom. The van der Waals surface area contributed by atoms with Gasteiger partial charge < -0.3 is 15.2 Å². The fourth-order valence-electron chi connectivity index (χ4n) is 1.98. The number of nitrogens with zero attached hydrogens (tertiary/aromatic N) is 1. The molecule has 1 heterocycles. The molecule has 18 heavy (non-hydrogen) atoms. The van der Waals surface area contributed by atoms with E-state index in [1.54, 1.807) is 12.1 Å². The zero-order chi connectivity index (χ0) is 13.0. The van der Waals surface area contributed by atoms with Crippen molar-refractivity contribution in [1.82, 2.24) is 4.90 Å². The second kappa shape index (κ2) is 5.84. The third-order valence-corrected chi connectivity index (χ3v) is 3.06. The maximum Gasteiger partial charge on any atom is 0.337 e. The van der Waals surface area contributed by atoms with Gasteiger partial charge in [0.25, 0.3) is 0 Å². The van der Waals surface area contributed by atoms with E-state index in [4.69, 9.17) is 10.5 Å². The largest absolute Gasteiger partial charge is 0.465 e. The van der Waals surface area contributed by atoms with Crippen molar-refractivity contribution in [2.24, 2.45) is 0 Å². The lowest BCUT2D eigenvalue weighted by Crippen LogP contribution is -2.35. The van der Waals surface area contributed by atoms with Gasteiger partial charge in [0.1, 0.15) is 0 Å². The van der Waals surface area contributed by atoms with Crippen LogP contribution in [0.1, 0.15) is 15.9 Å². The van der Waals surface area contributed by atoms with E-state index in [0.717, 1.165) is 38.4 Å². The van der Waals surface area contributed by atoms with Gasteiger partial charge in [0.2, 0.25) is 0 Å². The van der Waals surface area contributed by atoms with Gasteiger partial charge in [-0.3, -0.25) is 4.90 Å². The minimum atomic E-state index is -0.361. The van der Waals surface area contributed by atoms with E-state index in [9.17, 15) is 4.79 Å². The number of nitrogens with two attached hydrogens (primary N) is 1. The van der Waals surface area contributed by atoms with E-state index in [1.807, 2.05) is 6.07 Å². The highest BCUT2D eigenvalue weighted by atomic mass is 16.5. The monoisotopic (exact) mass is 250 g/mol. The summed E-state index contributed by atoms with van der Waals surface area (Å²) in [6.45, 7) is 4.15. The van der Waals surface area contributed by atoms with E-state index in [2.05, 4.69) is 9.64 Å². The van der Waals surface area contributed by atoms with E-state index < -0.39 is 0 Å². The maximum atomic E-state index is 11.4. The van der Waals surface area contributed by atoms with Crippen molar-refractivity contribution < 1.29 is 14.3 Å².